The zero-order chi connectivity index (χ0) is 16.8. The standard InChI is InChI=1S/C16H18N2O5/c1-4-16-9-7-5-6-8-10(9)18(15(20)22-3)14(16)23-12(17)11(16)13(19)21-2/h5-8,14H,4,17H2,1-3H3. The Morgan fingerprint density at radius 2 is 2.00 bits per heavy atom. The Morgan fingerprint density at radius 3 is 2.61 bits per heavy atom. The van der Waals surface area contributed by atoms with Gasteiger partial charge in [-0.05, 0) is 18.1 Å². The average molecular weight is 318 g/mol. The molecule has 0 aromatic heterocycles. The number of esters is 1. The number of nitrogens with zero attached hydrogens (tertiary/aromatic N) is 1. The van der Waals surface area contributed by atoms with Crippen LogP contribution in [0, 0.1) is 0 Å². The van der Waals surface area contributed by atoms with Crippen molar-refractivity contribution in [3.63, 3.8) is 0 Å². The van der Waals surface area contributed by atoms with Crippen molar-refractivity contribution in [2.24, 2.45) is 5.73 Å². The molecule has 2 aliphatic rings. The molecule has 2 aliphatic heterocycles. The summed E-state index contributed by atoms with van der Waals surface area (Å²) in [7, 11) is 2.59. The van der Waals surface area contributed by atoms with Gasteiger partial charge in [0.2, 0.25) is 0 Å². The predicted octanol–water partition coefficient (Wildman–Crippen LogP) is 1.62. The molecule has 0 saturated carbocycles. The molecule has 1 aromatic carbocycles. The van der Waals surface area contributed by atoms with E-state index in [0.29, 0.717) is 12.1 Å². The molecule has 122 valence electrons. The zero-order valence-corrected chi connectivity index (χ0v) is 13.2. The van der Waals surface area contributed by atoms with E-state index in [1.807, 2.05) is 25.1 Å². The smallest absolute Gasteiger partial charge is 0.417 e. The highest BCUT2D eigenvalue weighted by Gasteiger charge is 2.62. The summed E-state index contributed by atoms with van der Waals surface area (Å²) in [5.41, 5.74) is 6.74. The van der Waals surface area contributed by atoms with E-state index in [1.54, 1.807) is 6.07 Å². The number of ether oxygens (including phenoxy) is 3. The number of methoxy groups -OCH3 is 2. The van der Waals surface area contributed by atoms with Gasteiger partial charge >= 0.3 is 12.1 Å². The normalized spacial score (nSPS) is 24.8. The predicted molar refractivity (Wildman–Crippen MR) is 81.4 cm³/mol. The quantitative estimate of drug-likeness (QED) is 0.833. The van der Waals surface area contributed by atoms with Crippen LogP contribution in [0.3, 0.4) is 0 Å². The fraction of sp³-hybridized carbons (Fsp3) is 0.375. The van der Waals surface area contributed by atoms with Gasteiger partial charge in [-0.1, -0.05) is 25.1 Å². The summed E-state index contributed by atoms with van der Waals surface area (Å²) in [6, 6.07) is 7.30. The van der Waals surface area contributed by atoms with Crippen LogP contribution >= 0.6 is 0 Å². The second-order valence-electron chi connectivity index (χ2n) is 5.38. The Bertz CT molecular complexity index is 714. The lowest BCUT2D eigenvalue weighted by Gasteiger charge is -2.30. The van der Waals surface area contributed by atoms with Crippen LogP contribution in [-0.4, -0.2) is 32.5 Å². The minimum absolute atomic E-state index is 0.0212. The largest absolute Gasteiger partial charge is 0.465 e. The van der Waals surface area contributed by atoms with Gasteiger partial charge in [-0.2, -0.15) is 0 Å². The van der Waals surface area contributed by atoms with Gasteiger partial charge in [0.15, 0.2) is 12.1 Å². The molecule has 0 fully saturated rings. The first-order valence-corrected chi connectivity index (χ1v) is 7.24. The molecule has 7 nitrogen and oxygen atoms in total. The van der Waals surface area contributed by atoms with Crippen LogP contribution in [0.25, 0.3) is 0 Å². The Balaban J connectivity index is 2.27. The van der Waals surface area contributed by atoms with Crippen molar-refractivity contribution < 1.29 is 23.8 Å². The lowest BCUT2D eigenvalue weighted by atomic mass is 9.73. The van der Waals surface area contributed by atoms with E-state index < -0.39 is 23.7 Å². The van der Waals surface area contributed by atoms with E-state index in [0.717, 1.165) is 5.56 Å². The fourth-order valence-electron chi connectivity index (χ4n) is 3.57. The number of para-hydroxylation sites is 1. The topological polar surface area (TPSA) is 91.1 Å². The van der Waals surface area contributed by atoms with Crippen LogP contribution in [-0.2, 0) is 24.4 Å². The lowest BCUT2D eigenvalue weighted by molar-refractivity contribution is -0.137. The number of hydrogen-bond donors (Lipinski definition) is 1. The molecule has 23 heavy (non-hydrogen) atoms. The number of rotatable bonds is 2. The molecule has 0 aliphatic carbocycles. The summed E-state index contributed by atoms with van der Waals surface area (Å²) in [4.78, 5) is 26.0. The number of carbonyl (C=O) groups is 2. The highest BCUT2D eigenvalue weighted by atomic mass is 16.6. The maximum Gasteiger partial charge on any atom is 0.417 e. The van der Waals surface area contributed by atoms with E-state index in [9.17, 15) is 9.59 Å². The van der Waals surface area contributed by atoms with Crippen molar-refractivity contribution in [2.45, 2.75) is 25.0 Å². The maximum absolute atomic E-state index is 12.3. The van der Waals surface area contributed by atoms with Crippen molar-refractivity contribution in [3.05, 3.63) is 41.3 Å². The van der Waals surface area contributed by atoms with Gasteiger partial charge in [0.05, 0.1) is 25.3 Å². The number of hydrogen-bond acceptors (Lipinski definition) is 6. The van der Waals surface area contributed by atoms with Gasteiger partial charge in [-0.15, -0.1) is 0 Å². The van der Waals surface area contributed by atoms with Crippen molar-refractivity contribution in [1.82, 2.24) is 0 Å². The number of fused-ring (bicyclic) bond motifs is 3. The summed E-state index contributed by atoms with van der Waals surface area (Å²) in [6.45, 7) is 1.91. The summed E-state index contributed by atoms with van der Waals surface area (Å²) < 4.78 is 15.5. The second kappa shape index (κ2) is 5.19. The summed E-state index contributed by atoms with van der Waals surface area (Å²) in [6.07, 6.45) is -0.837. The third-order valence-corrected chi connectivity index (χ3v) is 4.55. The SMILES string of the molecule is CCC12C(C(=O)OC)=C(N)OC1N(C(=O)OC)c1ccccc12. The summed E-state index contributed by atoms with van der Waals surface area (Å²) in [5.74, 6) is -0.583. The number of carbonyl (C=O) groups excluding carboxylic acids is 2. The second-order valence-corrected chi connectivity index (χ2v) is 5.38. The Hall–Kier alpha value is -2.70. The first kappa shape index (κ1) is 15.2. The van der Waals surface area contributed by atoms with Crippen LogP contribution in [0.15, 0.2) is 35.7 Å². The highest BCUT2D eigenvalue weighted by Crippen LogP contribution is 2.56. The van der Waals surface area contributed by atoms with E-state index in [-0.39, 0.29) is 11.5 Å². The number of anilines is 1. The fourth-order valence-corrected chi connectivity index (χ4v) is 3.57. The molecule has 0 saturated heterocycles. The van der Waals surface area contributed by atoms with Gasteiger partial charge in [-0.25, -0.2) is 14.5 Å². The number of benzene rings is 1. The average Bonchev–Trinajstić information content (AvgIpc) is 3.01. The van der Waals surface area contributed by atoms with Crippen molar-refractivity contribution in [1.29, 1.82) is 0 Å². The molecule has 1 amide bonds. The molecule has 2 unspecified atom stereocenters. The van der Waals surface area contributed by atoms with Crippen LogP contribution < -0.4 is 10.6 Å². The first-order chi connectivity index (χ1) is 11.0. The Morgan fingerprint density at radius 1 is 1.30 bits per heavy atom. The monoisotopic (exact) mass is 318 g/mol. The third-order valence-electron chi connectivity index (χ3n) is 4.55. The van der Waals surface area contributed by atoms with Gasteiger partial charge in [0.1, 0.15) is 5.57 Å². The molecule has 0 radical (unpaired) electrons. The minimum Gasteiger partial charge on any atom is -0.465 e. The minimum atomic E-state index is -0.873. The highest BCUT2D eigenvalue weighted by molar-refractivity contribution is 5.99. The molecule has 0 bridgehead atoms. The van der Waals surface area contributed by atoms with Gasteiger partial charge < -0.3 is 19.9 Å². The van der Waals surface area contributed by atoms with E-state index in [4.69, 9.17) is 19.9 Å². The molecule has 1 aromatic rings. The zero-order valence-electron chi connectivity index (χ0n) is 13.2. The molecule has 2 N–H and O–H groups in total. The summed E-state index contributed by atoms with van der Waals surface area (Å²) >= 11 is 0. The number of amides is 1. The lowest BCUT2D eigenvalue weighted by Crippen LogP contribution is -2.47. The molecule has 3 rings (SSSR count). The van der Waals surface area contributed by atoms with Crippen molar-refractivity contribution >= 4 is 17.7 Å². The summed E-state index contributed by atoms with van der Waals surface area (Å²) in [5, 5.41) is 0. The molecule has 2 heterocycles. The molecule has 0 spiro atoms. The molecule has 7 heteroatoms. The molecule has 2 atom stereocenters. The molecular formula is C16H18N2O5. The van der Waals surface area contributed by atoms with Crippen LogP contribution in [0.2, 0.25) is 0 Å². The van der Waals surface area contributed by atoms with Crippen molar-refractivity contribution in [3.8, 4) is 0 Å². The van der Waals surface area contributed by atoms with E-state index >= 15 is 0 Å². The van der Waals surface area contributed by atoms with Crippen LogP contribution in [0.1, 0.15) is 18.9 Å². The van der Waals surface area contributed by atoms with Crippen LogP contribution in [0.5, 0.6) is 0 Å². The van der Waals surface area contributed by atoms with E-state index in [1.165, 1.54) is 19.1 Å². The Kier molecular flexibility index (Phi) is 3.43. The maximum atomic E-state index is 12.3. The van der Waals surface area contributed by atoms with Crippen molar-refractivity contribution in [2.75, 3.05) is 19.1 Å². The third kappa shape index (κ3) is 1.76. The molecular weight excluding hydrogens is 300 g/mol. The van der Waals surface area contributed by atoms with E-state index in [2.05, 4.69) is 0 Å². The van der Waals surface area contributed by atoms with Crippen LogP contribution in [0.4, 0.5) is 10.5 Å². The van der Waals surface area contributed by atoms with Gasteiger partial charge in [0.25, 0.3) is 0 Å². The first-order valence-electron chi connectivity index (χ1n) is 7.24. The van der Waals surface area contributed by atoms with Gasteiger partial charge in [0, 0.05) is 0 Å². The number of nitrogens with two attached hydrogens (primary N) is 1. The Labute approximate surface area is 133 Å². The van der Waals surface area contributed by atoms with Gasteiger partial charge in [-0.3, -0.25) is 0 Å².